The number of sulfonamides is 1. The molecule has 0 aromatic heterocycles. The highest BCUT2D eigenvalue weighted by Gasteiger charge is 2.35. The monoisotopic (exact) mass is 296 g/mol. The first-order valence-electron chi connectivity index (χ1n) is 7.01. The molecular formula is C15H24N2O2S. The summed E-state index contributed by atoms with van der Waals surface area (Å²) in [5.74, 6) is 0.185. The summed E-state index contributed by atoms with van der Waals surface area (Å²) in [6.45, 7) is 8.13. The number of nitrogen functional groups attached to an aromatic ring is 1. The standard InChI is InChI=1S/C15H24N2O2S/c1-11-9-12-10-13(16)5-6-14(12)17(11)20(18,19)8-7-15(2,3)4/h5-6,10-11H,7-9,16H2,1-4H3. The summed E-state index contributed by atoms with van der Waals surface area (Å²) in [6, 6.07) is 5.44. The first-order chi connectivity index (χ1) is 9.10. The van der Waals surface area contributed by atoms with E-state index in [1.165, 1.54) is 0 Å². The van der Waals surface area contributed by atoms with E-state index in [4.69, 9.17) is 5.73 Å². The van der Waals surface area contributed by atoms with E-state index in [9.17, 15) is 8.42 Å². The Bertz CT molecular complexity index is 603. The van der Waals surface area contributed by atoms with Crippen LogP contribution in [-0.4, -0.2) is 20.2 Å². The average molecular weight is 296 g/mol. The molecule has 1 aromatic rings. The van der Waals surface area contributed by atoms with Crippen LogP contribution in [0.15, 0.2) is 18.2 Å². The van der Waals surface area contributed by atoms with Crippen LogP contribution in [-0.2, 0) is 16.4 Å². The molecule has 1 aromatic carbocycles. The fourth-order valence-corrected chi connectivity index (χ4v) is 4.75. The Balaban J connectivity index is 2.29. The van der Waals surface area contributed by atoms with Crippen molar-refractivity contribution in [3.63, 3.8) is 0 Å². The van der Waals surface area contributed by atoms with Crippen LogP contribution in [0.1, 0.15) is 39.7 Å². The maximum absolute atomic E-state index is 12.6. The highest BCUT2D eigenvalue weighted by molar-refractivity contribution is 7.92. The molecular weight excluding hydrogens is 272 g/mol. The molecule has 1 unspecified atom stereocenters. The van der Waals surface area contributed by atoms with Crippen molar-refractivity contribution >= 4 is 21.4 Å². The number of anilines is 2. The van der Waals surface area contributed by atoms with E-state index in [2.05, 4.69) is 20.8 Å². The summed E-state index contributed by atoms with van der Waals surface area (Å²) >= 11 is 0. The Morgan fingerprint density at radius 3 is 2.60 bits per heavy atom. The predicted octanol–water partition coefficient (Wildman–Crippen LogP) is 2.79. The molecule has 112 valence electrons. The second kappa shape index (κ2) is 4.95. The topological polar surface area (TPSA) is 63.4 Å². The molecule has 1 aliphatic heterocycles. The van der Waals surface area contributed by atoms with E-state index >= 15 is 0 Å². The summed E-state index contributed by atoms with van der Waals surface area (Å²) in [5.41, 5.74) is 8.29. The molecule has 1 atom stereocenters. The molecule has 0 bridgehead atoms. The van der Waals surface area contributed by atoms with Crippen LogP contribution in [0.4, 0.5) is 11.4 Å². The summed E-state index contributed by atoms with van der Waals surface area (Å²) < 4.78 is 26.8. The maximum atomic E-state index is 12.6. The summed E-state index contributed by atoms with van der Waals surface area (Å²) in [6.07, 6.45) is 1.39. The van der Waals surface area contributed by atoms with Crippen molar-refractivity contribution in [3.8, 4) is 0 Å². The molecule has 2 rings (SSSR count). The molecule has 0 spiro atoms. The smallest absolute Gasteiger partial charge is 0.235 e. The third kappa shape index (κ3) is 3.08. The van der Waals surface area contributed by atoms with Gasteiger partial charge in [-0.1, -0.05) is 20.8 Å². The zero-order valence-corrected chi connectivity index (χ0v) is 13.5. The molecule has 0 fully saturated rings. The van der Waals surface area contributed by atoms with Crippen LogP contribution in [0, 0.1) is 5.41 Å². The fraction of sp³-hybridized carbons (Fsp3) is 0.600. The minimum Gasteiger partial charge on any atom is -0.399 e. The molecule has 1 aliphatic rings. The highest BCUT2D eigenvalue weighted by atomic mass is 32.2. The fourth-order valence-electron chi connectivity index (χ4n) is 2.58. The Hall–Kier alpha value is -1.23. The number of fused-ring (bicyclic) bond motifs is 1. The third-order valence-electron chi connectivity index (χ3n) is 3.67. The number of hydrogen-bond donors (Lipinski definition) is 1. The molecule has 0 saturated heterocycles. The van der Waals surface area contributed by atoms with Gasteiger partial charge in [0, 0.05) is 11.7 Å². The van der Waals surface area contributed by atoms with Gasteiger partial charge in [0.05, 0.1) is 11.4 Å². The van der Waals surface area contributed by atoms with E-state index in [1.807, 2.05) is 19.1 Å². The van der Waals surface area contributed by atoms with Crippen LogP contribution in [0.3, 0.4) is 0 Å². The molecule has 1 heterocycles. The van der Waals surface area contributed by atoms with Crippen molar-refractivity contribution in [2.24, 2.45) is 5.41 Å². The third-order valence-corrected chi connectivity index (χ3v) is 5.54. The Morgan fingerprint density at radius 2 is 2.00 bits per heavy atom. The lowest BCUT2D eigenvalue weighted by Crippen LogP contribution is -2.38. The molecule has 0 aliphatic carbocycles. The van der Waals surface area contributed by atoms with Gasteiger partial charge in [-0.15, -0.1) is 0 Å². The molecule has 20 heavy (non-hydrogen) atoms. The lowest BCUT2D eigenvalue weighted by atomic mass is 9.94. The zero-order valence-electron chi connectivity index (χ0n) is 12.7. The summed E-state index contributed by atoms with van der Waals surface area (Å²) in [5, 5.41) is 0. The largest absolute Gasteiger partial charge is 0.399 e. The average Bonchev–Trinajstić information content (AvgIpc) is 2.61. The van der Waals surface area contributed by atoms with E-state index in [0.717, 1.165) is 17.7 Å². The van der Waals surface area contributed by atoms with Crippen molar-refractivity contribution in [3.05, 3.63) is 23.8 Å². The lowest BCUT2D eigenvalue weighted by Gasteiger charge is -2.26. The molecule has 0 saturated carbocycles. The van der Waals surface area contributed by atoms with Crippen molar-refractivity contribution < 1.29 is 8.42 Å². The van der Waals surface area contributed by atoms with Crippen molar-refractivity contribution in [2.45, 2.75) is 46.6 Å². The van der Waals surface area contributed by atoms with Gasteiger partial charge in [0.1, 0.15) is 0 Å². The Kier molecular flexibility index (Phi) is 3.75. The van der Waals surface area contributed by atoms with Crippen LogP contribution < -0.4 is 10.0 Å². The second-order valence-electron chi connectivity index (χ2n) is 6.86. The van der Waals surface area contributed by atoms with Gasteiger partial charge < -0.3 is 5.73 Å². The van der Waals surface area contributed by atoms with E-state index < -0.39 is 10.0 Å². The lowest BCUT2D eigenvalue weighted by molar-refractivity contribution is 0.396. The van der Waals surface area contributed by atoms with Gasteiger partial charge in [0.15, 0.2) is 0 Å². The van der Waals surface area contributed by atoms with Crippen LogP contribution >= 0.6 is 0 Å². The first-order valence-corrected chi connectivity index (χ1v) is 8.61. The first kappa shape index (κ1) is 15.2. The van der Waals surface area contributed by atoms with Crippen molar-refractivity contribution in [2.75, 3.05) is 15.8 Å². The number of rotatable bonds is 3. The van der Waals surface area contributed by atoms with E-state index in [1.54, 1.807) is 10.4 Å². The summed E-state index contributed by atoms with van der Waals surface area (Å²) in [4.78, 5) is 0. The minimum atomic E-state index is -3.28. The molecule has 5 heteroatoms. The number of nitrogens with zero attached hydrogens (tertiary/aromatic N) is 1. The zero-order chi connectivity index (χ0) is 15.1. The second-order valence-corrected chi connectivity index (χ2v) is 8.83. The van der Waals surface area contributed by atoms with Gasteiger partial charge in [-0.25, -0.2) is 8.42 Å². The SMILES string of the molecule is CC1Cc2cc(N)ccc2N1S(=O)(=O)CCC(C)(C)C. The van der Waals surface area contributed by atoms with Crippen LogP contribution in [0.5, 0.6) is 0 Å². The normalized spacial score (nSPS) is 19.2. The van der Waals surface area contributed by atoms with Crippen LogP contribution in [0.25, 0.3) is 0 Å². The maximum Gasteiger partial charge on any atom is 0.235 e. The van der Waals surface area contributed by atoms with Gasteiger partial charge in [-0.2, -0.15) is 0 Å². The summed E-state index contributed by atoms with van der Waals surface area (Å²) in [7, 11) is -3.28. The molecule has 0 amide bonds. The van der Waals surface area contributed by atoms with Crippen molar-refractivity contribution in [1.82, 2.24) is 0 Å². The predicted molar refractivity (Wildman–Crippen MR) is 84.4 cm³/mol. The van der Waals surface area contributed by atoms with E-state index in [-0.39, 0.29) is 17.2 Å². The number of benzene rings is 1. The highest BCUT2D eigenvalue weighted by Crippen LogP contribution is 2.36. The molecule has 4 nitrogen and oxygen atoms in total. The van der Waals surface area contributed by atoms with E-state index in [0.29, 0.717) is 12.1 Å². The quantitative estimate of drug-likeness (QED) is 0.872. The molecule has 0 radical (unpaired) electrons. The van der Waals surface area contributed by atoms with Gasteiger partial charge >= 0.3 is 0 Å². The van der Waals surface area contributed by atoms with Gasteiger partial charge in [0.25, 0.3) is 0 Å². The Labute approximate surface area is 122 Å². The van der Waals surface area contributed by atoms with Gasteiger partial charge in [-0.05, 0) is 48.9 Å². The number of hydrogen-bond acceptors (Lipinski definition) is 3. The van der Waals surface area contributed by atoms with Crippen molar-refractivity contribution in [1.29, 1.82) is 0 Å². The number of nitrogens with two attached hydrogens (primary N) is 1. The van der Waals surface area contributed by atoms with Crippen LogP contribution in [0.2, 0.25) is 0 Å². The molecule has 2 N–H and O–H groups in total. The van der Waals surface area contributed by atoms with Gasteiger partial charge in [0.2, 0.25) is 10.0 Å². The van der Waals surface area contributed by atoms with Gasteiger partial charge in [-0.3, -0.25) is 4.31 Å². The minimum absolute atomic E-state index is 0.0139. The Morgan fingerprint density at radius 1 is 1.35 bits per heavy atom.